The number of thiazole rings is 1. The number of aromatic nitrogens is 1. The summed E-state index contributed by atoms with van der Waals surface area (Å²) < 4.78 is 5.35. The molecule has 0 saturated heterocycles. The number of aliphatic carboxylic acids is 1. The number of hydrogen-bond donors (Lipinski definition) is 2. The molecule has 0 fully saturated rings. The molecule has 0 spiro atoms. The quantitative estimate of drug-likeness (QED) is 0.839. The molecule has 2 unspecified atom stereocenters. The Balaban J connectivity index is 2.06. The number of ether oxygens (including phenoxy) is 1. The van der Waals surface area contributed by atoms with Crippen LogP contribution in [0.25, 0.3) is 0 Å². The fourth-order valence-electron chi connectivity index (χ4n) is 2.27. The van der Waals surface area contributed by atoms with Crippen LogP contribution >= 0.6 is 11.3 Å². The van der Waals surface area contributed by atoms with E-state index in [1.807, 2.05) is 13.8 Å². The lowest BCUT2D eigenvalue weighted by Crippen LogP contribution is -2.21. The standard InChI is InChI=1S/C13H20N2O3S/c1-3-18-7-8(2)14-13-15-11-9(12(16)17)5-4-6-10(11)19-13/h8-9H,3-7H2,1-2H3,(H,14,15)(H,16,17). The Morgan fingerprint density at radius 2 is 2.47 bits per heavy atom. The van der Waals surface area contributed by atoms with Crippen LogP contribution in [0.15, 0.2) is 0 Å². The number of fused-ring (bicyclic) bond motifs is 1. The molecular formula is C13H20N2O3S. The lowest BCUT2D eigenvalue weighted by molar-refractivity contribution is -0.139. The molecule has 1 aliphatic rings. The minimum atomic E-state index is -0.764. The largest absolute Gasteiger partial charge is 0.481 e. The van der Waals surface area contributed by atoms with E-state index in [-0.39, 0.29) is 6.04 Å². The van der Waals surface area contributed by atoms with E-state index in [2.05, 4.69) is 10.3 Å². The summed E-state index contributed by atoms with van der Waals surface area (Å²) in [5.41, 5.74) is 0.759. The van der Waals surface area contributed by atoms with Crippen LogP contribution in [-0.2, 0) is 16.0 Å². The number of hydrogen-bond acceptors (Lipinski definition) is 5. The van der Waals surface area contributed by atoms with Crippen LogP contribution in [0.5, 0.6) is 0 Å². The lowest BCUT2D eigenvalue weighted by atomic mass is 9.91. The zero-order valence-corrected chi connectivity index (χ0v) is 12.1. The van der Waals surface area contributed by atoms with Gasteiger partial charge in [-0.3, -0.25) is 4.79 Å². The third-order valence-electron chi connectivity index (χ3n) is 3.19. The number of carboxylic acid groups (broad SMARTS) is 1. The first-order valence-electron chi connectivity index (χ1n) is 6.68. The van der Waals surface area contributed by atoms with Crippen molar-refractivity contribution in [2.75, 3.05) is 18.5 Å². The van der Waals surface area contributed by atoms with Crippen molar-refractivity contribution in [3.05, 3.63) is 10.6 Å². The van der Waals surface area contributed by atoms with Crippen LogP contribution in [0.1, 0.15) is 43.2 Å². The van der Waals surface area contributed by atoms with Gasteiger partial charge in [-0.2, -0.15) is 0 Å². The van der Waals surface area contributed by atoms with Crippen LogP contribution in [0, 0.1) is 0 Å². The van der Waals surface area contributed by atoms with Gasteiger partial charge in [-0.25, -0.2) is 4.98 Å². The fraction of sp³-hybridized carbons (Fsp3) is 0.692. The third-order valence-corrected chi connectivity index (χ3v) is 4.26. The Hall–Kier alpha value is -1.14. The summed E-state index contributed by atoms with van der Waals surface area (Å²) in [4.78, 5) is 16.8. The summed E-state index contributed by atoms with van der Waals surface area (Å²) >= 11 is 1.58. The zero-order chi connectivity index (χ0) is 13.8. The van der Waals surface area contributed by atoms with Crippen LogP contribution in [-0.4, -0.2) is 35.3 Å². The number of carbonyl (C=O) groups is 1. The summed E-state index contributed by atoms with van der Waals surface area (Å²) in [5.74, 6) is -1.20. The van der Waals surface area contributed by atoms with E-state index in [1.54, 1.807) is 11.3 Å². The maximum absolute atomic E-state index is 11.2. The first kappa shape index (κ1) is 14.3. The van der Waals surface area contributed by atoms with Gasteiger partial charge in [0.1, 0.15) is 5.92 Å². The molecule has 1 aromatic rings. The van der Waals surface area contributed by atoms with Gasteiger partial charge in [0.15, 0.2) is 5.13 Å². The van der Waals surface area contributed by atoms with Crippen molar-refractivity contribution in [3.63, 3.8) is 0 Å². The maximum Gasteiger partial charge on any atom is 0.312 e. The molecule has 0 saturated carbocycles. The van der Waals surface area contributed by atoms with Crippen molar-refractivity contribution in [1.82, 2.24) is 4.98 Å². The summed E-state index contributed by atoms with van der Waals surface area (Å²) in [6, 6.07) is 0.177. The number of nitrogens with zero attached hydrogens (tertiary/aromatic N) is 1. The lowest BCUT2D eigenvalue weighted by Gasteiger charge is -2.16. The molecule has 0 aliphatic heterocycles. The summed E-state index contributed by atoms with van der Waals surface area (Å²) in [6.07, 6.45) is 2.57. The monoisotopic (exact) mass is 284 g/mol. The second kappa shape index (κ2) is 6.34. The van der Waals surface area contributed by atoms with Crippen molar-refractivity contribution in [3.8, 4) is 0 Å². The van der Waals surface area contributed by atoms with Gasteiger partial charge in [0.25, 0.3) is 0 Å². The molecule has 1 heterocycles. The minimum Gasteiger partial charge on any atom is -0.481 e. The molecule has 6 heteroatoms. The minimum absolute atomic E-state index is 0.177. The molecule has 19 heavy (non-hydrogen) atoms. The van der Waals surface area contributed by atoms with Gasteiger partial charge in [-0.15, -0.1) is 11.3 Å². The van der Waals surface area contributed by atoms with Gasteiger partial charge >= 0.3 is 5.97 Å². The average Bonchev–Trinajstić information content (AvgIpc) is 2.77. The van der Waals surface area contributed by atoms with Gasteiger partial charge in [-0.05, 0) is 33.1 Å². The Bertz CT molecular complexity index is 447. The number of carboxylic acids is 1. The normalized spacial score (nSPS) is 19.8. The highest BCUT2D eigenvalue weighted by Gasteiger charge is 2.30. The predicted octanol–water partition coefficient (Wildman–Crippen LogP) is 2.48. The molecule has 106 valence electrons. The van der Waals surface area contributed by atoms with Crippen LogP contribution in [0.3, 0.4) is 0 Å². The molecule has 5 nitrogen and oxygen atoms in total. The van der Waals surface area contributed by atoms with Crippen molar-refractivity contribution in [2.45, 2.75) is 45.1 Å². The highest BCUT2D eigenvalue weighted by Crippen LogP contribution is 2.36. The average molecular weight is 284 g/mol. The van der Waals surface area contributed by atoms with Crippen molar-refractivity contribution in [2.24, 2.45) is 0 Å². The highest BCUT2D eigenvalue weighted by atomic mass is 32.1. The molecule has 2 rings (SSSR count). The molecule has 0 amide bonds. The summed E-state index contributed by atoms with van der Waals surface area (Å²) in [6.45, 7) is 5.32. The van der Waals surface area contributed by atoms with Gasteiger partial charge in [0.2, 0.25) is 0 Å². The van der Waals surface area contributed by atoms with E-state index in [0.717, 1.165) is 28.5 Å². The summed E-state index contributed by atoms with van der Waals surface area (Å²) in [5, 5.41) is 13.3. The molecule has 1 aliphatic carbocycles. The van der Waals surface area contributed by atoms with E-state index < -0.39 is 11.9 Å². The van der Waals surface area contributed by atoms with Gasteiger partial charge in [0.05, 0.1) is 12.3 Å². The third kappa shape index (κ3) is 3.45. The molecule has 0 aromatic carbocycles. The number of nitrogens with one attached hydrogen (secondary N) is 1. The van der Waals surface area contributed by atoms with E-state index in [4.69, 9.17) is 4.74 Å². The first-order chi connectivity index (χ1) is 9.11. The SMILES string of the molecule is CCOCC(C)Nc1nc2c(s1)CCCC2C(=O)O. The maximum atomic E-state index is 11.2. The van der Waals surface area contributed by atoms with Crippen molar-refractivity contribution < 1.29 is 14.6 Å². The molecule has 1 aromatic heterocycles. The highest BCUT2D eigenvalue weighted by molar-refractivity contribution is 7.15. The van der Waals surface area contributed by atoms with Crippen LogP contribution < -0.4 is 5.32 Å². The second-order valence-corrected chi connectivity index (χ2v) is 5.90. The molecule has 2 N–H and O–H groups in total. The predicted molar refractivity (Wildman–Crippen MR) is 75.0 cm³/mol. The van der Waals surface area contributed by atoms with Gasteiger partial charge in [-0.1, -0.05) is 0 Å². The van der Waals surface area contributed by atoms with Crippen molar-refractivity contribution >= 4 is 22.4 Å². The summed E-state index contributed by atoms with van der Waals surface area (Å²) in [7, 11) is 0. The Kier molecular flexibility index (Phi) is 4.76. The van der Waals surface area contributed by atoms with Crippen molar-refractivity contribution in [1.29, 1.82) is 0 Å². The Morgan fingerprint density at radius 1 is 1.68 bits per heavy atom. The van der Waals surface area contributed by atoms with E-state index in [0.29, 0.717) is 19.6 Å². The molecule has 0 bridgehead atoms. The topological polar surface area (TPSA) is 71.5 Å². The molecule has 2 atom stereocenters. The van der Waals surface area contributed by atoms with Gasteiger partial charge < -0.3 is 15.2 Å². The van der Waals surface area contributed by atoms with Gasteiger partial charge in [0, 0.05) is 17.5 Å². The fourth-order valence-corrected chi connectivity index (χ4v) is 3.44. The number of aryl methyl sites for hydroxylation is 1. The number of rotatable bonds is 6. The Labute approximate surface area is 117 Å². The first-order valence-corrected chi connectivity index (χ1v) is 7.50. The zero-order valence-electron chi connectivity index (χ0n) is 11.3. The second-order valence-electron chi connectivity index (χ2n) is 4.82. The molecule has 0 radical (unpaired) electrons. The van der Waals surface area contributed by atoms with Crippen LogP contribution in [0.4, 0.5) is 5.13 Å². The van der Waals surface area contributed by atoms with E-state index in [9.17, 15) is 9.90 Å². The molecular weight excluding hydrogens is 264 g/mol. The smallest absolute Gasteiger partial charge is 0.312 e. The van der Waals surface area contributed by atoms with E-state index in [1.165, 1.54) is 0 Å². The Morgan fingerprint density at radius 3 is 3.16 bits per heavy atom. The van der Waals surface area contributed by atoms with E-state index >= 15 is 0 Å². The number of anilines is 1. The van der Waals surface area contributed by atoms with Crippen LogP contribution in [0.2, 0.25) is 0 Å².